The lowest BCUT2D eigenvalue weighted by Gasteiger charge is -2.39. The highest BCUT2D eigenvalue weighted by Crippen LogP contribution is 2.36. The molecule has 0 radical (unpaired) electrons. The van der Waals surface area contributed by atoms with Crippen molar-refractivity contribution in [1.82, 2.24) is 4.90 Å². The molecule has 0 spiro atoms. The van der Waals surface area contributed by atoms with E-state index in [4.69, 9.17) is 18.9 Å². The molecule has 0 aliphatic carbocycles. The second kappa shape index (κ2) is 7.01. The molecule has 1 amide bonds. The zero-order valence-corrected chi connectivity index (χ0v) is 14.6. The van der Waals surface area contributed by atoms with E-state index in [9.17, 15) is 9.59 Å². The number of benzene rings is 1. The normalized spacial score (nSPS) is 27.5. The summed E-state index contributed by atoms with van der Waals surface area (Å²) in [6.07, 6.45) is -0.499. The van der Waals surface area contributed by atoms with Gasteiger partial charge in [-0.15, -0.1) is 0 Å². The van der Waals surface area contributed by atoms with Crippen molar-refractivity contribution in [3.63, 3.8) is 0 Å². The first kappa shape index (κ1) is 17.7. The molecule has 2 aliphatic heterocycles. The van der Waals surface area contributed by atoms with Crippen LogP contribution in [-0.4, -0.2) is 54.7 Å². The van der Waals surface area contributed by atoms with Gasteiger partial charge in [-0.1, -0.05) is 30.3 Å². The minimum Gasteiger partial charge on any atom is -0.467 e. The highest BCUT2D eigenvalue weighted by Gasteiger charge is 2.53. The second-order valence-electron chi connectivity index (χ2n) is 6.66. The number of hydrogen-bond donors (Lipinski definition) is 0. The van der Waals surface area contributed by atoms with E-state index < -0.39 is 23.9 Å². The van der Waals surface area contributed by atoms with Crippen molar-refractivity contribution in [3.8, 4) is 0 Å². The first-order valence-electron chi connectivity index (χ1n) is 8.30. The van der Waals surface area contributed by atoms with Crippen molar-refractivity contribution in [1.29, 1.82) is 0 Å². The highest BCUT2D eigenvalue weighted by molar-refractivity contribution is 5.82. The zero-order valence-electron chi connectivity index (χ0n) is 14.6. The van der Waals surface area contributed by atoms with Gasteiger partial charge in [0.2, 0.25) is 0 Å². The maximum Gasteiger partial charge on any atom is 0.411 e. The third kappa shape index (κ3) is 3.77. The van der Waals surface area contributed by atoms with Crippen molar-refractivity contribution < 1.29 is 28.5 Å². The first-order valence-corrected chi connectivity index (χ1v) is 8.30. The van der Waals surface area contributed by atoms with Crippen molar-refractivity contribution in [2.75, 3.05) is 13.7 Å². The maximum absolute atomic E-state index is 12.7. The molecule has 2 aliphatic rings. The van der Waals surface area contributed by atoms with Crippen LogP contribution in [0, 0.1) is 0 Å². The molecule has 136 valence electrons. The van der Waals surface area contributed by atoms with Crippen molar-refractivity contribution >= 4 is 12.1 Å². The first-order chi connectivity index (χ1) is 11.9. The molecular formula is C18H23NO6. The molecule has 0 bridgehead atoms. The van der Waals surface area contributed by atoms with E-state index in [1.54, 1.807) is 0 Å². The third-order valence-electron chi connectivity index (χ3n) is 4.50. The lowest BCUT2D eigenvalue weighted by atomic mass is 10.1. The Balaban J connectivity index is 1.73. The van der Waals surface area contributed by atoms with Gasteiger partial charge in [-0.05, 0) is 19.4 Å². The Hall–Kier alpha value is -2.12. The average Bonchev–Trinajstić information content (AvgIpc) is 2.97. The summed E-state index contributed by atoms with van der Waals surface area (Å²) in [6.45, 7) is 4.04. The predicted octanol–water partition coefficient (Wildman–Crippen LogP) is 2.09. The summed E-state index contributed by atoms with van der Waals surface area (Å²) in [5, 5.41) is 0. The number of carbonyl (C=O) groups is 2. The molecule has 7 heteroatoms. The van der Waals surface area contributed by atoms with Gasteiger partial charge in [-0.2, -0.15) is 0 Å². The van der Waals surface area contributed by atoms with Gasteiger partial charge in [0, 0.05) is 6.42 Å². The lowest BCUT2D eigenvalue weighted by molar-refractivity contribution is -0.281. The monoisotopic (exact) mass is 349 g/mol. The number of hydrogen-bond acceptors (Lipinski definition) is 6. The highest BCUT2D eigenvalue weighted by atomic mass is 16.7. The molecule has 25 heavy (non-hydrogen) atoms. The van der Waals surface area contributed by atoms with Gasteiger partial charge in [0.25, 0.3) is 0 Å². The summed E-state index contributed by atoms with van der Waals surface area (Å²) < 4.78 is 21.8. The fraction of sp³-hybridized carbons (Fsp3) is 0.556. The van der Waals surface area contributed by atoms with Crippen LogP contribution in [0.2, 0.25) is 0 Å². The Labute approximate surface area is 146 Å². The van der Waals surface area contributed by atoms with Gasteiger partial charge in [0.15, 0.2) is 5.79 Å². The molecule has 7 nitrogen and oxygen atoms in total. The fourth-order valence-electron chi connectivity index (χ4n) is 3.30. The molecule has 0 aromatic heterocycles. The van der Waals surface area contributed by atoms with Crippen LogP contribution in [0.5, 0.6) is 0 Å². The van der Waals surface area contributed by atoms with Crippen molar-refractivity contribution in [2.24, 2.45) is 0 Å². The van der Waals surface area contributed by atoms with E-state index in [1.165, 1.54) is 12.0 Å². The largest absolute Gasteiger partial charge is 0.467 e. The van der Waals surface area contributed by atoms with Gasteiger partial charge in [-0.25, -0.2) is 9.59 Å². The minimum absolute atomic E-state index is 0.134. The molecule has 3 atom stereocenters. The van der Waals surface area contributed by atoms with Crippen LogP contribution in [0.15, 0.2) is 30.3 Å². The van der Waals surface area contributed by atoms with Crippen LogP contribution in [0.3, 0.4) is 0 Å². The average molecular weight is 349 g/mol. The molecule has 3 rings (SSSR count). The number of nitrogens with zero attached hydrogens (tertiary/aromatic N) is 1. The van der Waals surface area contributed by atoms with E-state index in [1.807, 2.05) is 44.2 Å². The van der Waals surface area contributed by atoms with Crippen LogP contribution in [-0.2, 0) is 30.3 Å². The van der Waals surface area contributed by atoms with Gasteiger partial charge in [-0.3, -0.25) is 4.90 Å². The Bertz CT molecular complexity index is 632. The minimum atomic E-state index is -0.744. The number of ether oxygens (including phenoxy) is 4. The number of esters is 1. The summed E-state index contributed by atoms with van der Waals surface area (Å²) in [4.78, 5) is 26.2. The van der Waals surface area contributed by atoms with Crippen LogP contribution in [0.4, 0.5) is 4.79 Å². The molecule has 0 N–H and O–H groups in total. The SMILES string of the molecule is COC(=O)[C@@H]1C[C@@H]2OC(C)(C)OC[C@H]2N1C(=O)OCc1ccccc1. The summed E-state index contributed by atoms with van der Waals surface area (Å²) >= 11 is 0. The predicted molar refractivity (Wildman–Crippen MR) is 87.6 cm³/mol. The maximum atomic E-state index is 12.7. The number of methoxy groups -OCH3 is 1. The quantitative estimate of drug-likeness (QED) is 0.778. The number of fused-ring (bicyclic) bond motifs is 1. The number of likely N-dealkylation sites (tertiary alicyclic amines) is 1. The summed E-state index contributed by atoms with van der Waals surface area (Å²) in [6, 6.07) is 8.26. The number of rotatable bonds is 3. The molecule has 1 aromatic carbocycles. The molecule has 2 saturated heterocycles. The van der Waals surface area contributed by atoms with E-state index in [0.29, 0.717) is 6.42 Å². The van der Waals surface area contributed by atoms with E-state index >= 15 is 0 Å². The van der Waals surface area contributed by atoms with E-state index in [2.05, 4.69) is 0 Å². The molecule has 1 aromatic rings. The molecule has 2 heterocycles. The van der Waals surface area contributed by atoms with Crippen molar-refractivity contribution in [2.45, 2.75) is 50.8 Å². The van der Waals surface area contributed by atoms with Crippen LogP contribution < -0.4 is 0 Å². The Morgan fingerprint density at radius 3 is 2.68 bits per heavy atom. The molecular weight excluding hydrogens is 326 g/mol. The van der Waals surface area contributed by atoms with E-state index in [0.717, 1.165) is 5.56 Å². The van der Waals surface area contributed by atoms with Crippen molar-refractivity contribution in [3.05, 3.63) is 35.9 Å². The summed E-state index contributed by atoms with van der Waals surface area (Å²) in [7, 11) is 1.30. The van der Waals surface area contributed by atoms with Gasteiger partial charge in [0.1, 0.15) is 12.6 Å². The van der Waals surface area contributed by atoms with Gasteiger partial charge in [0.05, 0.1) is 25.9 Å². The molecule has 0 saturated carbocycles. The van der Waals surface area contributed by atoms with E-state index in [-0.39, 0.29) is 25.4 Å². The number of carbonyl (C=O) groups excluding carboxylic acids is 2. The Kier molecular flexibility index (Phi) is 4.96. The topological polar surface area (TPSA) is 74.3 Å². The third-order valence-corrected chi connectivity index (χ3v) is 4.50. The molecule has 0 unspecified atom stereocenters. The molecule has 2 fully saturated rings. The smallest absolute Gasteiger partial charge is 0.411 e. The Morgan fingerprint density at radius 2 is 2.00 bits per heavy atom. The fourth-order valence-corrected chi connectivity index (χ4v) is 3.30. The van der Waals surface area contributed by atoms with Crippen LogP contribution in [0.25, 0.3) is 0 Å². The lowest BCUT2D eigenvalue weighted by Crippen LogP contribution is -2.54. The summed E-state index contributed by atoms with van der Waals surface area (Å²) in [5.74, 6) is -1.22. The Morgan fingerprint density at radius 1 is 1.28 bits per heavy atom. The van der Waals surface area contributed by atoms with Crippen LogP contribution in [0.1, 0.15) is 25.8 Å². The van der Waals surface area contributed by atoms with Gasteiger partial charge < -0.3 is 18.9 Å². The standard InChI is InChI=1S/C18H23NO6/c1-18(2)24-11-14-15(25-18)9-13(16(20)22-3)19(14)17(21)23-10-12-7-5-4-6-8-12/h4-8,13-15H,9-11H2,1-3H3/t13-,14+,15-/m0/s1. The van der Waals surface area contributed by atoms with Gasteiger partial charge >= 0.3 is 12.1 Å². The summed E-state index contributed by atoms with van der Waals surface area (Å²) in [5.41, 5.74) is 0.874. The zero-order chi connectivity index (χ0) is 18.0. The van der Waals surface area contributed by atoms with Crippen LogP contribution >= 0.6 is 0 Å². The number of amides is 1. The second-order valence-corrected chi connectivity index (χ2v) is 6.66.